The molecule has 226 valence electrons. The van der Waals surface area contributed by atoms with Crippen molar-refractivity contribution in [3.8, 4) is 0 Å². The van der Waals surface area contributed by atoms with Crippen LogP contribution in [-0.2, 0) is 21.4 Å². The number of hydroxylamine groups is 1. The standard InChI is InChI=1S/C27H43N9O4S/c1-16-8-10-19(11-9-16)15-36-21-22(28-18(3)20-6-5-7-20)29-24(25-32-27(37)40-33-25)30-23(21)31-26(36)35-13-12-34(14-17(35)2)41(4,38)39/h16-20,25,33H,5-15H2,1-4H3,(H,32,37)(H,28,29,30)/t16?,17-,18-,19?,25?/m1/s1. The van der Waals surface area contributed by atoms with Gasteiger partial charge in [-0.05, 0) is 57.3 Å². The van der Waals surface area contributed by atoms with Crippen LogP contribution in [0.2, 0.25) is 0 Å². The van der Waals surface area contributed by atoms with Crippen LogP contribution in [0.25, 0.3) is 11.2 Å². The second kappa shape index (κ2) is 11.2. The zero-order valence-electron chi connectivity index (χ0n) is 24.5. The van der Waals surface area contributed by atoms with E-state index in [9.17, 15) is 13.2 Å². The zero-order chi connectivity index (χ0) is 28.9. The van der Waals surface area contributed by atoms with E-state index in [1.165, 1.54) is 38.4 Å². The molecule has 1 unspecified atom stereocenters. The van der Waals surface area contributed by atoms with Gasteiger partial charge in [0.05, 0.1) is 6.26 Å². The third-order valence-electron chi connectivity index (χ3n) is 9.50. The summed E-state index contributed by atoms with van der Waals surface area (Å²) < 4.78 is 28.4. The number of hydrogen-bond donors (Lipinski definition) is 3. The predicted octanol–water partition coefficient (Wildman–Crippen LogP) is 2.97. The largest absolute Gasteiger partial charge is 0.427 e. The molecule has 0 aromatic carbocycles. The first-order valence-corrected chi connectivity index (χ1v) is 16.9. The Kier molecular flexibility index (Phi) is 7.74. The van der Waals surface area contributed by atoms with Crippen LogP contribution in [0.5, 0.6) is 0 Å². The Balaban J connectivity index is 1.43. The molecule has 0 spiro atoms. The van der Waals surface area contributed by atoms with E-state index in [1.807, 2.05) is 6.92 Å². The second-order valence-electron chi connectivity index (χ2n) is 12.6. The Labute approximate surface area is 241 Å². The number of piperazine rings is 1. The van der Waals surface area contributed by atoms with Crippen molar-refractivity contribution >= 4 is 39.0 Å². The number of nitrogens with zero attached hydrogens (tertiary/aromatic N) is 6. The molecule has 6 rings (SSSR count). The maximum Gasteiger partial charge on any atom is 0.427 e. The van der Waals surface area contributed by atoms with E-state index in [1.54, 1.807) is 4.31 Å². The van der Waals surface area contributed by atoms with Gasteiger partial charge in [0.2, 0.25) is 16.0 Å². The zero-order valence-corrected chi connectivity index (χ0v) is 25.3. The van der Waals surface area contributed by atoms with Gasteiger partial charge in [-0.25, -0.2) is 23.2 Å². The molecular formula is C27H43N9O4S. The van der Waals surface area contributed by atoms with Gasteiger partial charge in [0.1, 0.15) is 5.52 Å². The topological polar surface area (TPSA) is 147 Å². The number of imidazole rings is 1. The van der Waals surface area contributed by atoms with Crippen molar-refractivity contribution in [3.05, 3.63) is 5.82 Å². The third-order valence-corrected chi connectivity index (χ3v) is 10.8. The van der Waals surface area contributed by atoms with Gasteiger partial charge in [0, 0.05) is 38.3 Å². The maximum absolute atomic E-state index is 12.3. The molecule has 2 aliphatic carbocycles. The highest BCUT2D eigenvalue weighted by molar-refractivity contribution is 7.88. The minimum atomic E-state index is -3.28. The van der Waals surface area contributed by atoms with Crippen LogP contribution >= 0.6 is 0 Å². The fraction of sp³-hybridized carbons (Fsp3) is 0.778. The summed E-state index contributed by atoms with van der Waals surface area (Å²) in [6, 6.07) is 0.152. The summed E-state index contributed by atoms with van der Waals surface area (Å²) in [6.07, 6.45) is 8.39. The number of carbonyl (C=O) groups excluding carboxylic acids is 1. The van der Waals surface area contributed by atoms with Crippen molar-refractivity contribution in [2.75, 3.05) is 36.1 Å². The Bertz CT molecular complexity index is 1390. The third kappa shape index (κ3) is 5.82. The van der Waals surface area contributed by atoms with E-state index in [0.717, 1.165) is 36.8 Å². The molecule has 2 saturated heterocycles. The molecule has 1 amide bonds. The van der Waals surface area contributed by atoms with Crippen LogP contribution in [-0.4, -0.2) is 76.3 Å². The van der Waals surface area contributed by atoms with Crippen LogP contribution < -0.4 is 21.0 Å². The number of anilines is 2. The molecule has 4 heterocycles. The fourth-order valence-electron chi connectivity index (χ4n) is 6.64. The van der Waals surface area contributed by atoms with E-state index < -0.39 is 22.3 Å². The quantitative estimate of drug-likeness (QED) is 0.420. The van der Waals surface area contributed by atoms with Crippen molar-refractivity contribution < 1.29 is 18.0 Å². The number of hydrogen-bond acceptors (Lipinski definition) is 10. The molecule has 4 aliphatic rings. The van der Waals surface area contributed by atoms with Gasteiger partial charge in [-0.15, -0.1) is 5.48 Å². The molecule has 0 bridgehead atoms. The molecule has 13 nitrogen and oxygen atoms in total. The van der Waals surface area contributed by atoms with Gasteiger partial charge in [0.25, 0.3) is 0 Å². The summed E-state index contributed by atoms with van der Waals surface area (Å²) in [4.78, 5) is 33.8. The number of fused-ring (bicyclic) bond motifs is 1. The SMILES string of the molecule is CC1CCC(Cn2c(N3CCN(S(C)(=O)=O)C[C@H]3C)nc3nc(C4NOC(=O)N4)nc(N[C@H](C)C4CCC4)c32)CC1. The highest BCUT2D eigenvalue weighted by atomic mass is 32.2. The van der Waals surface area contributed by atoms with Crippen molar-refractivity contribution in [3.63, 3.8) is 0 Å². The van der Waals surface area contributed by atoms with Crippen LogP contribution in [0.1, 0.15) is 77.7 Å². The lowest BCUT2D eigenvalue weighted by Crippen LogP contribution is -2.54. The Morgan fingerprint density at radius 2 is 1.83 bits per heavy atom. The molecular weight excluding hydrogens is 546 g/mol. The van der Waals surface area contributed by atoms with Gasteiger partial charge < -0.3 is 19.6 Å². The summed E-state index contributed by atoms with van der Waals surface area (Å²) in [7, 11) is -3.28. The van der Waals surface area contributed by atoms with Gasteiger partial charge in [-0.2, -0.15) is 9.29 Å². The highest BCUT2D eigenvalue weighted by Crippen LogP contribution is 2.37. The molecule has 2 aliphatic heterocycles. The minimum absolute atomic E-state index is 0.0673. The van der Waals surface area contributed by atoms with Crippen LogP contribution in [0.15, 0.2) is 0 Å². The second-order valence-corrected chi connectivity index (χ2v) is 14.6. The van der Waals surface area contributed by atoms with Crippen LogP contribution in [0, 0.1) is 17.8 Å². The summed E-state index contributed by atoms with van der Waals surface area (Å²) in [5.74, 6) is 3.72. The average molecular weight is 590 g/mol. The van der Waals surface area contributed by atoms with Gasteiger partial charge in [-0.1, -0.05) is 26.2 Å². The molecule has 3 atom stereocenters. The lowest BCUT2D eigenvalue weighted by molar-refractivity contribution is 0.120. The molecule has 14 heteroatoms. The molecule has 41 heavy (non-hydrogen) atoms. The lowest BCUT2D eigenvalue weighted by atomic mass is 9.80. The van der Waals surface area contributed by atoms with Crippen molar-refractivity contribution in [1.29, 1.82) is 0 Å². The molecule has 2 aromatic heterocycles. The Hall–Kier alpha value is -2.71. The molecule has 2 aromatic rings. The highest BCUT2D eigenvalue weighted by Gasteiger charge is 2.35. The van der Waals surface area contributed by atoms with Crippen molar-refractivity contribution in [2.24, 2.45) is 17.8 Å². The number of sulfonamides is 1. The number of rotatable bonds is 8. The maximum atomic E-state index is 12.3. The predicted molar refractivity (Wildman–Crippen MR) is 156 cm³/mol. The first-order chi connectivity index (χ1) is 19.6. The summed E-state index contributed by atoms with van der Waals surface area (Å²) in [5, 5.41) is 6.41. The first-order valence-electron chi connectivity index (χ1n) is 15.1. The van der Waals surface area contributed by atoms with Crippen molar-refractivity contribution in [1.82, 2.24) is 34.6 Å². The average Bonchev–Trinajstić information content (AvgIpc) is 3.47. The molecule has 3 N–H and O–H groups in total. The fourth-order valence-corrected chi connectivity index (χ4v) is 7.54. The van der Waals surface area contributed by atoms with E-state index in [2.05, 4.69) is 39.4 Å². The smallest absolute Gasteiger partial charge is 0.365 e. The van der Waals surface area contributed by atoms with Crippen LogP contribution in [0.3, 0.4) is 0 Å². The van der Waals surface area contributed by atoms with Crippen molar-refractivity contribution in [2.45, 2.75) is 90.5 Å². The molecule has 4 fully saturated rings. The van der Waals surface area contributed by atoms with E-state index >= 15 is 0 Å². The molecule has 0 radical (unpaired) electrons. The van der Waals surface area contributed by atoms with E-state index in [-0.39, 0.29) is 12.1 Å². The first kappa shape index (κ1) is 28.4. The van der Waals surface area contributed by atoms with E-state index in [4.69, 9.17) is 19.8 Å². The monoisotopic (exact) mass is 589 g/mol. The Morgan fingerprint density at radius 1 is 1.07 bits per heavy atom. The summed E-state index contributed by atoms with van der Waals surface area (Å²) >= 11 is 0. The normalized spacial score (nSPS) is 28.8. The van der Waals surface area contributed by atoms with E-state index in [0.29, 0.717) is 48.8 Å². The summed E-state index contributed by atoms with van der Waals surface area (Å²) in [5.41, 5.74) is 4.08. The lowest BCUT2D eigenvalue weighted by Gasteiger charge is -2.39. The molecule has 2 saturated carbocycles. The number of amides is 1. The van der Waals surface area contributed by atoms with Crippen LogP contribution in [0.4, 0.5) is 16.6 Å². The minimum Gasteiger partial charge on any atom is -0.365 e. The number of carbonyl (C=O) groups is 1. The van der Waals surface area contributed by atoms with Gasteiger partial charge in [-0.3, -0.25) is 5.32 Å². The number of aromatic nitrogens is 4. The summed E-state index contributed by atoms with van der Waals surface area (Å²) in [6.45, 7) is 8.72. The Morgan fingerprint density at radius 3 is 2.44 bits per heavy atom. The van der Waals surface area contributed by atoms with Gasteiger partial charge in [0.15, 0.2) is 23.5 Å². The van der Waals surface area contributed by atoms with Gasteiger partial charge >= 0.3 is 6.09 Å². The number of nitrogens with one attached hydrogen (secondary N) is 3.